The van der Waals surface area contributed by atoms with Crippen LogP contribution in [0.5, 0.6) is 0 Å². The topological polar surface area (TPSA) is 84.5 Å². The van der Waals surface area contributed by atoms with E-state index >= 15 is 0 Å². The molecule has 6 nitrogen and oxygen atoms in total. The van der Waals surface area contributed by atoms with E-state index < -0.39 is 16.0 Å². The van der Waals surface area contributed by atoms with Crippen LogP contribution in [0.2, 0.25) is 5.02 Å². The zero-order valence-corrected chi connectivity index (χ0v) is 17.1. The zero-order chi connectivity index (χ0) is 20.9. The molecule has 0 spiro atoms. The lowest BCUT2D eigenvalue weighted by molar-refractivity contribution is 0.0600. The molecule has 0 aromatic heterocycles. The first-order valence-corrected chi connectivity index (χ1v) is 10.5. The van der Waals surface area contributed by atoms with Crippen molar-refractivity contribution >= 4 is 39.0 Å². The fourth-order valence-electron chi connectivity index (χ4n) is 2.66. The number of benzene rings is 3. The maximum Gasteiger partial charge on any atom is 0.337 e. The molecule has 0 atom stereocenters. The Balaban J connectivity index is 1.95. The highest BCUT2D eigenvalue weighted by Gasteiger charge is 2.21. The summed E-state index contributed by atoms with van der Waals surface area (Å²) < 4.78 is 33.3. The van der Waals surface area contributed by atoms with Gasteiger partial charge in [0.1, 0.15) is 4.90 Å². The van der Waals surface area contributed by atoms with Gasteiger partial charge >= 0.3 is 5.97 Å². The average molecular weight is 431 g/mol. The first-order chi connectivity index (χ1) is 13.9. The van der Waals surface area contributed by atoms with E-state index in [1.165, 1.54) is 19.2 Å². The van der Waals surface area contributed by atoms with Crippen LogP contribution >= 0.6 is 11.6 Å². The predicted molar refractivity (Wildman–Crippen MR) is 114 cm³/mol. The van der Waals surface area contributed by atoms with E-state index in [2.05, 4.69) is 10.0 Å². The van der Waals surface area contributed by atoms with Crippen molar-refractivity contribution in [3.05, 3.63) is 88.9 Å². The Kier molecular flexibility index (Phi) is 6.41. The molecule has 3 rings (SSSR count). The second kappa shape index (κ2) is 8.98. The highest BCUT2D eigenvalue weighted by Crippen LogP contribution is 2.27. The van der Waals surface area contributed by atoms with Gasteiger partial charge in [0.2, 0.25) is 0 Å². The summed E-state index contributed by atoms with van der Waals surface area (Å²) >= 11 is 5.86. The van der Waals surface area contributed by atoms with E-state index in [-0.39, 0.29) is 10.5 Å². The maximum atomic E-state index is 13.0. The fourth-order valence-corrected chi connectivity index (χ4v) is 4.05. The number of sulfonamides is 1. The number of methoxy groups -OCH3 is 1. The summed E-state index contributed by atoms with van der Waals surface area (Å²) in [5.41, 5.74) is 1.84. The minimum absolute atomic E-state index is 0.0636. The van der Waals surface area contributed by atoms with E-state index in [0.29, 0.717) is 22.9 Å². The van der Waals surface area contributed by atoms with Crippen molar-refractivity contribution in [2.45, 2.75) is 11.4 Å². The highest BCUT2D eigenvalue weighted by atomic mass is 35.5. The molecule has 0 aliphatic carbocycles. The van der Waals surface area contributed by atoms with Crippen LogP contribution in [-0.4, -0.2) is 21.5 Å². The van der Waals surface area contributed by atoms with Gasteiger partial charge < -0.3 is 10.1 Å². The molecule has 29 heavy (non-hydrogen) atoms. The van der Waals surface area contributed by atoms with Gasteiger partial charge in [0.05, 0.1) is 18.4 Å². The third-order valence-corrected chi connectivity index (χ3v) is 5.79. The normalized spacial score (nSPS) is 11.0. The summed E-state index contributed by atoms with van der Waals surface area (Å²) in [7, 11) is -2.75. The molecule has 0 saturated heterocycles. The third-order valence-electron chi connectivity index (χ3n) is 4.11. The SMILES string of the molecule is COC(=O)c1ccc(NCc2ccccc2)c(S(=O)(=O)Nc2ccc(Cl)cc2)c1. The lowest BCUT2D eigenvalue weighted by atomic mass is 10.2. The molecule has 0 radical (unpaired) electrons. The summed E-state index contributed by atoms with van der Waals surface area (Å²) in [5, 5.41) is 3.61. The van der Waals surface area contributed by atoms with Crippen LogP contribution in [0.3, 0.4) is 0 Å². The quantitative estimate of drug-likeness (QED) is 0.537. The molecule has 0 aliphatic rings. The standard InChI is InChI=1S/C21H19ClN2O4S/c1-28-21(25)16-7-12-19(23-14-15-5-3-2-4-6-15)20(13-16)29(26,27)24-18-10-8-17(22)9-11-18/h2-13,23-24H,14H2,1H3. The van der Waals surface area contributed by atoms with Crippen molar-refractivity contribution in [2.24, 2.45) is 0 Å². The first kappa shape index (κ1) is 20.7. The van der Waals surface area contributed by atoms with Gasteiger partial charge in [-0.25, -0.2) is 13.2 Å². The van der Waals surface area contributed by atoms with Gasteiger partial charge in [0, 0.05) is 17.3 Å². The summed E-state index contributed by atoms with van der Waals surface area (Å²) in [6, 6.07) is 20.2. The Hall–Kier alpha value is -3.03. The molecule has 0 unspecified atom stereocenters. The fraction of sp³-hybridized carbons (Fsp3) is 0.0952. The number of rotatable bonds is 7. The molecule has 0 bridgehead atoms. The van der Waals surface area contributed by atoms with E-state index in [4.69, 9.17) is 16.3 Å². The van der Waals surface area contributed by atoms with Crippen LogP contribution in [0.25, 0.3) is 0 Å². The zero-order valence-electron chi connectivity index (χ0n) is 15.6. The average Bonchev–Trinajstić information content (AvgIpc) is 2.74. The summed E-state index contributed by atoms with van der Waals surface area (Å²) in [6.07, 6.45) is 0. The van der Waals surface area contributed by atoms with Crippen LogP contribution in [0.4, 0.5) is 11.4 Å². The molecule has 0 saturated carbocycles. The molecular weight excluding hydrogens is 412 g/mol. The van der Waals surface area contributed by atoms with Gasteiger partial charge in [0.25, 0.3) is 10.0 Å². The van der Waals surface area contributed by atoms with Crippen molar-refractivity contribution in [3.8, 4) is 0 Å². The smallest absolute Gasteiger partial charge is 0.337 e. The van der Waals surface area contributed by atoms with Crippen LogP contribution < -0.4 is 10.0 Å². The molecule has 0 fully saturated rings. The summed E-state index contributed by atoms with van der Waals surface area (Å²) in [5.74, 6) is -0.623. The minimum Gasteiger partial charge on any atom is -0.465 e. The first-order valence-electron chi connectivity index (χ1n) is 8.67. The molecule has 3 aromatic rings. The molecule has 8 heteroatoms. The number of ether oxygens (including phenoxy) is 1. The molecule has 0 amide bonds. The lowest BCUT2D eigenvalue weighted by Gasteiger charge is -2.15. The number of esters is 1. The molecule has 0 heterocycles. The Bertz CT molecular complexity index is 1100. The Morgan fingerprint density at radius 3 is 2.34 bits per heavy atom. The van der Waals surface area contributed by atoms with Gasteiger partial charge in [0.15, 0.2) is 0 Å². The van der Waals surface area contributed by atoms with E-state index in [0.717, 1.165) is 5.56 Å². The second-order valence-corrected chi connectivity index (χ2v) is 8.24. The predicted octanol–water partition coefficient (Wildman–Crippen LogP) is 4.54. The van der Waals surface area contributed by atoms with Crippen LogP contribution in [0.1, 0.15) is 15.9 Å². The van der Waals surface area contributed by atoms with Crippen LogP contribution in [0.15, 0.2) is 77.7 Å². The van der Waals surface area contributed by atoms with Gasteiger partial charge in [-0.3, -0.25) is 4.72 Å². The molecule has 150 valence electrons. The largest absolute Gasteiger partial charge is 0.465 e. The van der Waals surface area contributed by atoms with Crippen molar-refractivity contribution in [3.63, 3.8) is 0 Å². The number of carbonyl (C=O) groups is 1. The van der Waals surface area contributed by atoms with E-state index in [1.54, 1.807) is 30.3 Å². The lowest BCUT2D eigenvalue weighted by Crippen LogP contribution is -2.16. The summed E-state index contributed by atoms with van der Waals surface area (Å²) in [6.45, 7) is 0.419. The van der Waals surface area contributed by atoms with E-state index in [1.807, 2.05) is 30.3 Å². The minimum atomic E-state index is -3.99. The van der Waals surface area contributed by atoms with Crippen molar-refractivity contribution < 1.29 is 17.9 Å². The van der Waals surface area contributed by atoms with Gasteiger partial charge in [-0.15, -0.1) is 0 Å². The Labute approximate surface area is 174 Å². The third kappa shape index (κ3) is 5.28. The number of carbonyl (C=O) groups excluding carboxylic acids is 1. The number of anilines is 2. The van der Waals surface area contributed by atoms with Crippen LogP contribution in [-0.2, 0) is 21.3 Å². The van der Waals surface area contributed by atoms with Crippen molar-refractivity contribution in [2.75, 3.05) is 17.1 Å². The van der Waals surface area contributed by atoms with Crippen molar-refractivity contribution in [1.82, 2.24) is 0 Å². The van der Waals surface area contributed by atoms with Gasteiger partial charge in [-0.1, -0.05) is 41.9 Å². The Morgan fingerprint density at radius 1 is 1.00 bits per heavy atom. The molecule has 2 N–H and O–H groups in total. The molecule has 0 aliphatic heterocycles. The summed E-state index contributed by atoms with van der Waals surface area (Å²) in [4.78, 5) is 11.8. The number of nitrogens with one attached hydrogen (secondary N) is 2. The Morgan fingerprint density at radius 2 is 1.69 bits per heavy atom. The number of hydrogen-bond acceptors (Lipinski definition) is 5. The number of hydrogen-bond donors (Lipinski definition) is 2. The van der Waals surface area contributed by atoms with Gasteiger partial charge in [-0.2, -0.15) is 0 Å². The molecular formula is C21H19ClN2O4S. The van der Waals surface area contributed by atoms with Crippen molar-refractivity contribution in [1.29, 1.82) is 0 Å². The van der Waals surface area contributed by atoms with Gasteiger partial charge in [-0.05, 0) is 48.0 Å². The van der Waals surface area contributed by atoms with E-state index in [9.17, 15) is 13.2 Å². The monoisotopic (exact) mass is 430 g/mol. The molecule has 3 aromatic carbocycles. The second-order valence-electron chi connectivity index (χ2n) is 6.15. The van der Waals surface area contributed by atoms with Crippen LogP contribution in [0, 0.1) is 0 Å². The number of halogens is 1. The maximum absolute atomic E-state index is 13.0. The highest BCUT2D eigenvalue weighted by molar-refractivity contribution is 7.92.